The second kappa shape index (κ2) is 10.6. The highest BCUT2D eigenvalue weighted by Crippen LogP contribution is 2.42. The van der Waals surface area contributed by atoms with Crippen LogP contribution in [0.1, 0.15) is 30.5 Å². The van der Waals surface area contributed by atoms with Gasteiger partial charge in [0.05, 0.1) is 24.6 Å². The van der Waals surface area contributed by atoms with Crippen molar-refractivity contribution < 1.29 is 23.4 Å². The van der Waals surface area contributed by atoms with Crippen molar-refractivity contribution in [3.8, 4) is 22.6 Å². The van der Waals surface area contributed by atoms with Crippen molar-refractivity contribution in [1.29, 1.82) is 0 Å². The summed E-state index contributed by atoms with van der Waals surface area (Å²) in [4.78, 5) is 14.0. The molecular weight excluding hydrogens is 433 g/mol. The van der Waals surface area contributed by atoms with E-state index in [1.807, 2.05) is 63.1 Å². The maximum Gasteiger partial charge on any atom is 0.344 e. The highest BCUT2D eigenvalue weighted by atomic mass is 19.1. The molecule has 3 aromatic rings. The Balaban J connectivity index is 2.03. The fraction of sp³-hybridized carbons (Fsp3) is 0.321. The Labute approximate surface area is 201 Å². The maximum atomic E-state index is 13.9. The van der Waals surface area contributed by atoms with Gasteiger partial charge in [-0.2, -0.15) is 0 Å². The lowest BCUT2D eigenvalue weighted by Crippen LogP contribution is -2.19. The molecule has 0 heterocycles. The van der Waals surface area contributed by atoms with E-state index in [4.69, 9.17) is 14.2 Å². The first-order valence-corrected chi connectivity index (χ1v) is 11.2. The van der Waals surface area contributed by atoms with Crippen LogP contribution in [0.4, 0.5) is 15.8 Å². The van der Waals surface area contributed by atoms with Crippen molar-refractivity contribution in [1.82, 2.24) is 0 Å². The van der Waals surface area contributed by atoms with Gasteiger partial charge < -0.3 is 19.1 Å². The van der Waals surface area contributed by atoms with E-state index >= 15 is 0 Å². The summed E-state index contributed by atoms with van der Waals surface area (Å²) in [6.07, 6.45) is -0.196. The molecule has 0 saturated carbocycles. The minimum Gasteiger partial charge on any atom is -0.494 e. The first-order valence-electron chi connectivity index (χ1n) is 11.2. The minimum absolute atomic E-state index is 0.164. The average Bonchev–Trinajstić information content (AvgIpc) is 2.77. The fourth-order valence-electron chi connectivity index (χ4n) is 4.15. The van der Waals surface area contributed by atoms with Crippen LogP contribution in [0.25, 0.3) is 11.1 Å². The Morgan fingerprint density at radius 1 is 1.00 bits per heavy atom. The summed E-state index contributed by atoms with van der Waals surface area (Å²) in [6.45, 7) is 9.38. The Hall–Kier alpha value is -3.54. The van der Waals surface area contributed by atoms with Crippen LogP contribution in [0, 0.1) is 26.6 Å². The number of hydrogen-bond donors (Lipinski definition) is 0. The van der Waals surface area contributed by atoms with E-state index in [9.17, 15) is 9.18 Å². The number of hydrogen-bond acceptors (Lipinski definition) is 5. The van der Waals surface area contributed by atoms with Crippen molar-refractivity contribution in [3.05, 3.63) is 71.0 Å². The second-order valence-electron chi connectivity index (χ2n) is 8.60. The van der Waals surface area contributed by atoms with Crippen LogP contribution in [0.5, 0.6) is 11.5 Å². The molecule has 0 amide bonds. The van der Waals surface area contributed by atoms with E-state index in [0.717, 1.165) is 44.9 Å². The van der Waals surface area contributed by atoms with Gasteiger partial charge in [-0.15, -0.1) is 0 Å². The zero-order valence-electron chi connectivity index (χ0n) is 20.9. The molecule has 0 aromatic heterocycles. The number of carbonyl (C=O) groups excluding carboxylic acids is 1. The summed E-state index contributed by atoms with van der Waals surface area (Å²) in [5, 5.41) is 0. The lowest BCUT2D eigenvalue weighted by Gasteiger charge is -2.28. The lowest BCUT2D eigenvalue weighted by atomic mass is 10.00. The molecule has 0 unspecified atom stereocenters. The molecule has 0 saturated heterocycles. The van der Waals surface area contributed by atoms with Gasteiger partial charge in [0, 0.05) is 12.6 Å². The summed E-state index contributed by atoms with van der Waals surface area (Å²) in [7, 11) is 3.60. The van der Waals surface area contributed by atoms with E-state index in [2.05, 4.69) is 0 Å². The molecule has 3 aromatic carbocycles. The Morgan fingerprint density at radius 3 is 2.38 bits per heavy atom. The molecule has 0 fully saturated rings. The third-order valence-corrected chi connectivity index (χ3v) is 5.61. The molecule has 0 radical (unpaired) electrons. The predicted molar refractivity (Wildman–Crippen MR) is 134 cm³/mol. The Kier molecular flexibility index (Phi) is 7.82. The van der Waals surface area contributed by atoms with Crippen LogP contribution in [0.3, 0.4) is 0 Å². The summed E-state index contributed by atoms with van der Waals surface area (Å²) in [5.74, 6) is 0.636. The van der Waals surface area contributed by atoms with E-state index < -0.39 is 5.97 Å². The smallest absolute Gasteiger partial charge is 0.344 e. The second-order valence-corrected chi connectivity index (χ2v) is 8.60. The molecule has 0 N–H and O–H groups in total. The van der Waals surface area contributed by atoms with Crippen molar-refractivity contribution >= 4 is 17.3 Å². The molecule has 3 rings (SSSR count). The van der Waals surface area contributed by atoms with E-state index in [1.165, 1.54) is 12.1 Å². The minimum atomic E-state index is -0.412. The fourth-order valence-corrected chi connectivity index (χ4v) is 4.15. The molecule has 0 aliphatic heterocycles. The van der Waals surface area contributed by atoms with Gasteiger partial charge in [-0.1, -0.05) is 18.2 Å². The molecule has 34 heavy (non-hydrogen) atoms. The molecular formula is C28H32FNO4. The maximum absolute atomic E-state index is 13.9. The standard InChI is InChI=1S/C28H32FNO4/c1-17(2)34-26(31)16-33-25-12-11-18(3)27(20(25)5)30(6)24-15-22(13-19(4)28(24)32-7)21-9-8-10-23(29)14-21/h8-15,17H,16H2,1-7H3. The Bertz CT molecular complexity index is 1190. The topological polar surface area (TPSA) is 48.0 Å². The Morgan fingerprint density at radius 2 is 1.74 bits per heavy atom. The third-order valence-electron chi connectivity index (χ3n) is 5.61. The molecule has 0 spiro atoms. The summed E-state index contributed by atoms with van der Waals surface area (Å²) >= 11 is 0. The van der Waals surface area contributed by atoms with E-state index in [-0.39, 0.29) is 18.5 Å². The van der Waals surface area contributed by atoms with E-state index in [1.54, 1.807) is 27.0 Å². The lowest BCUT2D eigenvalue weighted by molar-refractivity contribution is -0.149. The van der Waals surface area contributed by atoms with Gasteiger partial charge in [-0.3, -0.25) is 0 Å². The zero-order valence-corrected chi connectivity index (χ0v) is 20.9. The number of anilines is 2. The van der Waals surface area contributed by atoms with Crippen molar-refractivity contribution in [2.45, 2.75) is 40.7 Å². The summed E-state index contributed by atoms with van der Waals surface area (Å²) in [5.41, 5.74) is 6.30. The molecule has 0 aliphatic carbocycles. The van der Waals surface area contributed by atoms with Crippen LogP contribution < -0.4 is 14.4 Å². The van der Waals surface area contributed by atoms with E-state index in [0.29, 0.717) is 5.75 Å². The third kappa shape index (κ3) is 5.50. The summed E-state index contributed by atoms with van der Waals surface area (Å²) < 4.78 is 30.6. The van der Waals surface area contributed by atoms with Crippen molar-refractivity contribution in [2.24, 2.45) is 0 Å². The van der Waals surface area contributed by atoms with Gasteiger partial charge >= 0.3 is 5.97 Å². The molecule has 180 valence electrons. The average molecular weight is 466 g/mol. The highest BCUT2D eigenvalue weighted by Gasteiger charge is 2.20. The summed E-state index contributed by atoms with van der Waals surface area (Å²) in [6, 6.07) is 14.3. The number of methoxy groups -OCH3 is 1. The monoisotopic (exact) mass is 465 g/mol. The number of nitrogens with zero attached hydrogens (tertiary/aromatic N) is 1. The quantitative estimate of drug-likeness (QED) is 0.354. The first-order chi connectivity index (χ1) is 16.1. The van der Waals surface area contributed by atoms with Crippen molar-refractivity contribution in [2.75, 3.05) is 25.7 Å². The number of rotatable bonds is 8. The number of carbonyl (C=O) groups is 1. The number of benzene rings is 3. The van der Waals surface area contributed by atoms with Gasteiger partial charge in [0.15, 0.2) is 6.61 Å². The molecule has 0 aliphatic rings. The molecule has 5 nitrogen and oxygen atoms in total. The highest BCUT2D eigenvalue weighted by molar-refractivity contribution is 5.81. The van der Waals surface area contributed by atoms with Crippen LogP contribution in [0.2, 0.25) is 0 Å². The van der Waals surface area contributed by atoms with Crippen LogP contribution >= 0.6 is 0 Å². The predicted octanol–water partition coefficient (Wildman–Crippen LogP) is 6.52. The number of esters is 1. The normalized spacial score (nSPS) is 10.9. The van der Waals surface area contributed by atoms with Gasteiger partial charge in [-0.05, 0) is 87.2 Å². The van der Waals surface area contributed by atoms with Gasteiger partial charge in [0.2, 0.25) is 0 Å². The number of ether oxygens (including phenoxy) is 3. The number of halogens is 1. The largest absolute Gasteiger partial charge is 0.494 e. The molecule has 0 atom stereocenters. The first kappa shape index (κ1) is 25.1. The van der Waals surface area contributed by atoms with Gasteiger partial charge in [0.25, 0.3) is 0 Å². The van der Waals surface area contributed by atoms with Crippen LogP contribution in [0.15, 0.2) is 48.5 Å². The van der Waals surface area contributed by atoms with Crippen LogP contribution in [-0.4, -0.2) is 32.8 Å². The van der Waals surface area contributed by atoms with Crippen molar-refractivity contribution in [3.63, 3.8) is 0 Å². The van der Waals surface area contributed by atoms with Gasteiger partial charge in [-0.25, -0.2) is 9.18 Å². The van der Waals surface area contributed by atoms with Crippen LogP contribution in [-0.2, 0) is 9.53 Å². The number of aryl methyl sites for hydroxylation is 2. The SMILES string of the molecule is COc1c(C)cc(-c2cccc(F)c2)cc1N(C)c1c(C)ccc(OCC(=O)OC(C)C)c1C. The molecule has 6 heteroatoms. The molecule has 0 bridgehead atoms. The zero-order chi connectivity index (χ0) is 25.0. The van der Waals surface area contributed by atoms with Gasteiger partial charge in [0.1, 0.15) is 17.3 Å².